The molecule has 5 N–H and O–H groups in total. The van der Waals surface area contributed by atoms with E-state index >= 15 is 0 Å². The minimum atomic E-state index is -5.17. The minimum Gasteiger partial charge on any atom is -2.00 e. The molecule has 1 radical (unpaired) electrons. The molecule has 0 fully saturated rings. The van der Waals surface area contributed by atoms with Gasteiger partial charge in [0.25, 0.3) is 5.91 Å². The van der Waals surface area contributed by atoms with Crippen molar-refractivity contribution in [2.75, 3.05) is 0 Å². The van der Waals surface area contributed by atoms with E-state index in [-0.39, 0.29) is 35.4 Å². The summed E-state index contributed by atoms with van der Waals surface area (Å²) in [5.41, 5.74) is 2.65. The summed E-state index contributed by atoms with van der Waals surface area (Å²) in [7, 11) is -5.17. The van der Waals surface area contributed by atoms with Gasteiger partial charge in [0.2, 0.25) is 0 Å². The largest absolute Gasteiger partial charge is 2.00 e. The van der Waals surface area contributed by atoms with E-state index < -0.39 is 10.4 Å². The normalized spacial score (nSPS) is 8.42. The van der Waals surface area contributed by atoms with Gasteiger partial charge in [0.15, 0.2) is 0 Å². The van der Waals surface area contributed by atoms with Crippen molar-refractivity contribution in [1.29, 1.82) is 0 Å². The molecule has 0 unspecified atom stereocenters. The molecule has 12 heteroatoms. The molecule has 1 aromatic carbocycles. The molecule has 109 valence electrons. The number of amides is 1. The fourth-order valence-corrected chi connectivity index (χ4v) is 1.26. The summed E-state index contributed by atoms with van der Waals surface area (Å²) < 4.78 is 35.1. The van der Waals surface area contributed by atoms with Crippen LogP contribution in [0.1, 0.15) is 10.4 Å². The second-order valence-corrected chi connectivity index (χ2v) is 4.45. The standard InChI is InChI=1S/C7H7IN2O.H2O4S.H2O.O.V/c8-6-3-1-2-5(4-6)7(11)10-9;1-5(2,3)4;;;/h1-4H,9H2,(H,10,11);(H2,1,2,3,4);1H2;;/q;;;-2;+2/p-2. The average Bonchev–Trinajstić information content (AvgIpc) is 2.14. The van der Waals surface area contributed by atoms with Crippen LogP contribution in [0.5, 0.6) is 0 Å². The van der Waals surface area contributed by atoms with Crippen molar-refractivity contribution in [3.05, 3.63) is 33.4 Å². The Morgan fingerprint density at radius 2 is 1.74 bits per heavy atom. The summed E-state index contributed by atoms with van der Waals surface area (Å²) in [6.45, 7) is 0. The Morgan fingerprint density at radius 3 is 2.05 bits per heavy atom. The number of nitrogen functional groups attached to an aromatic ring is 1. The number of nitrogens with one attached hydrogen (secondary N) is 1. The molecule has 0 heterocycles. The van der Waals surface area contributed by atoms with Crippen molar-refractivity contribution >= 4 is 38.9 Å². The molecule has 0 aliphatic heterocycles. The Bertz CT molecular complexity index is 462. The Morgan fingerprint density at radius 1 is 1.32 bits per heavy atom. The fourth-order valence-electron chi connectivity index (χ4n) is 0.713. The number of hydrazine groups is 1. The maximum absolute atomic E-state index is 10.9. The molecular weight excluding hydrogens is 434 g/mol. The van der Waals surface area contributed by atoms with Gasteiger partial charge in [-0.05, 0) is 40.8 Å². The van der Waals surface area contributed by atoms with Crippen molar-refractivity contribution in [2.45, 2.75) is 0 Å². The molecule has 9 nitrogen and oxygen atoms in total. The first kappa shape index (κ1) is 27.2. The molecule has 19 heavy (non-hydrogen) atoms. The van der Waals surface area contributed by atoms with E-state index in [0.717, 1.165) is 3.57 Å². The number of nitrogens with two attached hydrogens (primary N) is 1. The zero-order chi connectivity index (χ0) is 12.8. The van der Waals surface area contributed by atoms with Crippen LogP contribution >= 0.6 is 22.6 Å². The quantitative estimate of drug-likeness (QED) is 0.134. The third kappa shape index (κ3) is 17.8. The Labute approximate surface area is 135 Å². The van der Waals surface area contributed by atoms with Crippen LogP contribution in [0.3, 0.4) is 0 Å². The summed E-state index contributed by atoms with van der Waals surface area (Å²) in [6.07, 6.45) is 0. The number of benzene rings is 1. The summed E-state index contributed by atoms with van der Waals surface area (Å²) in [5, 5.41) is 0. The van der Waals surface area contributed by atoms with Crippen molar-refractivity contribution < 1.29 is 51.8 Å². The first-order valence-corrected chi connectivity index (χ1v) is 6.08. The topological polar surface area (TPSA) is 195 Å². The monoisotopic (exact) mass is 443 g/mol. The van der Waals surface area contributed by atoms with E-state index in [1.165, 1.54) is 0 Å². The van der Waals surface area contributed by atoms with E-state index in [9.17, 15) is 4.79 Å². The smallest absolute Gasteiger partial charge is 2.00 e. The number of hydrogen-bond acceptors (Lipinski definition) is 6. The van der Waals surface area contributed by atoms with Crippen LogP contribution in [0.15, 0.2) is 24.3 Å². The molecule has 0 bridgehead atoms. The number of carbonyl (C=O) groups is 1. The van der Waals surface area contributed by atoms with Gasteiger partial charge in [-0.2, -0.15) is 0 Å². The van der Waals surface area contributed by atoms with Gasteiger partial charge >= 0.3 is 18.6 Å². The predicted octanol–water partition coefficient (Wildman–Crippen LogP) is -1.39. The molecule has 0 saturated heterocycles. The van der Waals surface area contributed by atoms with Gasteiger partial charge < -0.3 is 20.1 Å². The van der Waals surface area contributed by atoms with Crippen molar-refractivity contribution in [3.8, 4) is 0 Å². The predicted molar refractivity (Wildman–Crippen MR) is 65.6 cm³/mol. The van der Waals surface area contributed by atoms with Gasteiger partial charge in [-0.15, -0.1) is 0 Å². The average molecular weight is 443 g/mol. The number of rotatable bonds is 1. The van der Waals surface area contributed by atoms with Gasteiger partial charge in [0, 0.05) is 19.5 Å². The molecule has 0 aliphatic rings. The second kappa shape index (κ2) is 12.8. The summed E-state index contributed by atoms with van der Waals surface area (Å²) in [4.78, 5) is 10.9. The van der Waals surface area contributed by atoms with Crippen molar-refractivity contribution in [1.82, 2.24) is 5.43 Å². The van der Waals surface area contributed by atoms with Crippen LogP contribution in [-0.4, -0.2) is 28.9 Å². The van der Waals surface area contributed by atoms with Crippen LogP contribution in [0, 0.1) is 3.57 Å². The summed E-state index contributed by atoms with van der Waals surface area (Å²) in [5.74, 6) is 4.69. The number of halogens is 1. The molecule has 0 saturated carbocycles. The van der Waals surface area contributed by atoms with Crippen LogP contribution < -0.4 is 11.3 Å². The third-order valence-corrected chi connectivity index (χ3v) is 1.89. The minimum absolute atomic E-state index is 0. The van der Waals surface area contributed by atoms with Crippen LogP contribution in [0.2, 0.25) is 0 Å². The molecule has 1 amide bonds. The Balaban J connectivity index is -0.000000125. The van der Waals surface area contributed by atoms with E-state index in [0.29, 0.717) is 5.56 Å². The third-order valence-electron chi connectivity index (χ3n) is 1.22. The van der Waals surface area contributed by atoms with E-state index in [1.54, 1.807) is 12.1 Å². The number of carbonyl (C=O) groups excluding carboxylic acids is 1. The molecule has 0 spiro atoms. The zero-order valence-corrected chi connectivity index (χ0v) is 13.4. The molecule has 1 aromatic rings. The van der Waals surface area contributed by atoms with Crippen LogP contribution in [-0.2, 0) is 34.4 Å². The van der Waals surface area contributed by atoms with E-state index in [2.05, 4.69) is 28.0 Å². The van der Waals surface area contributed by atoms with Gasteiger partial charge in [0.05, 0.1) is 0 Å². The van der Waals surface area contributed by atoms with Gasteiger partial charge in [-0.3, -0.25) is 18.6 Å². The van der Waals surface area contributed by atoms with Gasteiger partial charge in [-0.1, -0.05) is 6.07 Å². The zero-order valence-electron chi connectivity index (χ0n) is 9.07. The molecule has 0 aliphatic carbocycles. The van der Waals surface area contributed by atoms with Crippen molar-refractivity contribution in [3.63, 3.8) is 0 Å². The maximum Gasteiger partial charge on any atom is 2.00 e. The van der Waals surface area contributed by atoms with Gasteiger partial charge in [-0.25, -0.2) is 5.84 Å². The second-order valence-electron chi connectivity index (χ2n) is 2.39. The van der Waals surface area contributed by atoms with E-state index in [4.69, 9.17) is 23.4 Å². The Kier molecular flexibility index (Phi) is 18.3. The van der Waals surface area contributed by atoms with E-state index in [1.807, 2.05) is 12.1 Å². The van der Waals surface area contributed by atoms with Crippen molar-refractivity contribution in [2.24, 2.45) is 5.84 Å². The number of hydrogen-bond donors (Lipinski definition) is 2. The molecule has 0 atom stereocenters. The summed E-state index contributed by atoms with van der Waals surface area (Å²) >= 11 is 2.13. The Hall–Kier alpha value is -0.246. The van der Waals surface area contributed by atoms with Gasteiger partial charge in [0.1, 0.15) is 0 Å². The summed E-state index contributed by atoms with van der Waals surface area (Å²) in [6, 6.07) is 7.20. The molecule has 0 aromatic heterocycles. The molecular formula is C7H9IN2O7SV-2. The fraction of sp³-hybridized carbons (Fsp3) is 0. The first-order chi connectivity index (χ1) is 7.24. The maximum atomic E-state index is 10.9. The molecule has 1 rings (SSSR count). The SMILES string of the molecule is NNC(=O)c1cccc(I)c1.O.O=S(=O)([O-])[O-].[O-2].[V+2]. The van der Waals surface area contributed by atoms with Crippen LogP contribution in [0.4, 0.5) is 0 Å². The first-order valence-electron chi connectivity index (χ1n) is 3.67. The van der Waals surface area contributed by atoms with Crippen LogP contribution in [0.25, 0.3) is 0 Å².